The van der Waals surface area contributed by atoms with Crippen LogP contribution >= 0.6 is 15.9 Å². The van der Waals surface area contributed by atoms with Crippen molar-refractivity contribution >= 4 is 39.0 Å². The molecule has 0 radical (unpaired) electrons. The summed E-state index contributed by atoms with van der Waals surface area (Å²) in [7, 11) is 1.51. The molecule has 0 aliphatic carbocycles. The zero-order valence-electron chi connectivity index (χ0n) is 19.9. The molecule has 0 spiro atoms. The number of methoxy groups -OCH3 is 1. The van der Waals surface area contributed by atoms with E-state index in [1.165, 1.54) is 11.8 Å². The smallest absolute Gasteiger partial charge is 0.347 e. The molecule has 0 aliphatic rings. The summed E-state index contributed by atoms with van der Waals surface area (Å²) in [6.45, 7) is 7.68. The van der Waals surface area contributed by atoms with Crippen LogP contribution in [0.2, 0.25) is 0 Å². The zero-order valence-corrected chi connectivity index (χ0v) is 21.5. The minimum Gasteiger partial charge on any atom is -0.493 e. The summed E-state index contributed by atoms with van der Waals surface area (Å²) in [5, 5.41) is 4.95. The highest BCUT2D eigenvalue weighted by atomic mass is 79.9. The third kappa shape index (κ3) is 5.64. The number of fused-ring (bicyclic) bond motifs is 1. The molecule has 2 aromatic carbocycles. The van der Waals surface area contributed by atoms with Crippen LogP contribution in [0.3, 0.4) is 0 Å². The van der Waals surface area contributed by atoms with Crippen molar-refractivity contribution in [1.82, 2.24) is 9.66 Å². The van der Waals surface area contributed by atoms with Crippen LogP contribution in [0.5, 0.6) is 11.5 Å². The van der Waals surface area contributed by atoms with Gasteiger partial charge in [-0.1, -0.05) is 29.8 Å². The normalized spacial score (nSPS) is 13.1. The molecule has 0 aliphatic heterocycles. The number of aromatic nitrogens is 2. The maximum Gasteiger partial charge on any atom is 0.347 e. The second-order valence-corrected chi connectivity index (χ2v) is 8.64. The number of benzene rings is 2. The van der Waals surface area contributed by atoms with Gasteiger partial charge in [0.1, 0.15) is 5.82 Å². The molecule has 3 aromatic rings. The van der Waals surface area contributed by atoms with Crippen molar-refractivity contribution in [3.63, 3.8) is 0 Å². The van der Waals surface area contributed by atoms with E-state index in [1.54, 1.807) is 44.3 Å². The summed E-state index contributed by atoms with van der Waals surface area (Å²) in [6, 6.07) is 10.6. The van der Waals surface area contributed by atoms with Crippen LogP contribution in [-0.2, 0) is 9.53 Å². The van der Waals surface area contributed by atoms with Crippen LogP contribution in [0.15, 0.2) is 50.8 Å². The highest BCUT2D eigenvalue weighted by Crippen LogP contribution is 2.29. The van der Waals surface area contributed by atoms with E-state index in [-0.39, 0.29) is 18.1 Å². The van der Waals surface area contributed by atoms with Crippen LogP contribution in [-0.4, -0.2) is 41.7 Å². The number of carbonyl (C=O) groups is 1. The van der Waals surface area contributed by atoms with Gasteiger partial charge in [0.25, 0.3) is 5.56 Å². The van der Waals surface area contributed by atoms with E-state index >= 15 is 0 Å². The van der Waals surface area contributed by atoms with Crippen molar-refractivity contribution in [3.8, 4) is 11.5 Å². The maximum atomic E-state index is 13.3. The number of esters is 1. The summed E-state index contributed by atoms with van der Waals surface area (Å²) in [5.74, 6) is 0.994. The van der Waals surface area contributed by atoms with Gasteiger partial charge in [0, 0.05) is 10.4 Å². The summed E-state index contributed by atoms with van der Waals surface area (Å²) < 4.78 is 18.3. The van der Waals surface area contributed by atoms with Gasteiger partial charge in [-0.05, 0) is 62.2 Å². The summed E-state index contributed by atoms with van der Waals surface area (Å²) in [5.41, 5.74) is 1.08. The average Bonchev–Trinajstić information content (AvgIpc) is 2.83. The molecule has 0 saturated carbocycles. The van der Waals surface area contributed by atoms with E-state index in [2.05, 4.69) is 21.0 Å². The lowest BCUT2D eigenvalue weighted by atomic mass is 10.1. The van der Waals surface area contributed by atoms with Gasteiger partial charge in [0.05, 0.1) is 30.8 Å². The number of hydrogen-bond donors (Lipinski definition) is 0. The highest BCUT2D eigenvalue weighted by molar-refractivity contribution is 9.10. The standard InChI is InChI=1S/C25H28BrN3O5/c1-6-15(3)23-28-20-10-9-18(26)13-19(20)24(30)29(23)27-14-17-8-11-21(22(12-17)32-5)34-16(4)25(31)33-7-2/h8-16H,6-7H2,1-5H3/t15-,16+/m1/s1. The lowest BCUT2D eigenvalue weighted by molar-refractivity contribution is -0.150. The van der Waals surface area contributed by atoms with Crippen LogP contribution in [0, 0.1) is 0 Å². The fourth-order valence-electron chi connectivity index (χ4n) is 3.26. The Morgan fingerprint density at radius 2 is 1.94 bits per heavy atom. The van der Waals surface area contributed by atoms with E-state index in [0.717, 1.165) is 10.9 Å². The molecule has 0 N–H and O–H groups in total. The Morgan fingerprint density at radius 3 is 2.62 bits per heavy atom. The molecule has 1 aromatic heterocycles. The Hall–Kier alpha value is -3.20. The zero-order chi connectivity index (χ0) is 24.8. The topological polar surface area (TPSA) is 92.0 Å². The van der Waals surface area contributed by atoms with Crippen molar-refractivity contribution in [2.45, 2.75) is 46.1 Å². The first-order valence-corrected chi connectivity index (χ1v) is 11.9. The molecule has 34 heavy (non-hydrogen) atoms. The van der Waals surface area contributed by atoms with Gasteiger partial charge in [0.2, 0.25) is 0 Å². The van der Waals surface area contributed by atoms with Gasteiger partial charge in [-0.25, -0.2) is 9.78 Å². The highest BCUT2D eigenvalue weighted by Gasteiger charge is 2.18. The molecule has 180 valence electrons. The molecule has 0 saturated heterocycles. The summed E-state index contributed by atoms with van der Waals surface area (Å²) in [6.07, 6.45) is 1.59. The van der Waals surface area contributed by atoms with Crippen LogP contribution < -0.4 is 15.0 Å². The molecule has 1 heterocycles. The number of hydrogen-bond acceptors (Lipinski definition) is 7. The van der Waals surface area contributed by atoms with Crippen molar-refractivity contribution in [2.24, 2.45) is 5.10 Å². The SMILES string of the molecule is CCOC(=O)[C@H](C)Oc1ccc(C=Nn2c([C@H](C)CC)nc3ccc(Br)cc3c2=O)cc1OC. The molecule has 0 amide bonds. The molecule has 2 atom stereocenters. The van der Waals surface area contributed by atoms with E-state index in [9.17, 15) is 9.59 Å². The van der Waals surface area contributed by atoms with Gasteiger partial charge < -0.3 is 14.2 Å². The first-order chi connectivity index (χ1) is 16.3. The number of rotatable bonds is 9. The minimum atomic E-state index is -0.784. The fraction of sp³-hybridized carbons (Fsp3) is 0.360. The Bertz CT molecular complexity index is 1270. The fourth-order valence-corrected chi connectivity index (χ4v) is 3.62. The van der Waals surface area contributed by atoms with Crippen LogP contribution in [0.1, 0.15) is 51.4 Å². The number of halogens is 1. The molecular weight excluding hydrogens is 502 g/mol. The Kier molecular flexibility index (Phi) is 8.44. The van der Waals surface area contributed by atoms with E-state index < -0.39 is 12.1 Å². The summed E-state index contributed by atoms with van der Waals surface area (Å²) >= 11 is 3.42. The first-order valence-electron chi connectivity index (χ1n) is 11.1. The Labute approximate surface area is 206 Å². The molecule has 0 unspecified atom stereocenters. The second-order valence-electron chi connectivity index (χ2n) is 7.72. The predicted molar refractivity (Wildman–Crippen MR) is 135 cm³/mol. The van der Waals surface area contributed by atoms with Crippen molar-refractivity contribution < 1.29 is 19.0 Å². The van der Waals surface area contributed by atoms with Gasteiger partial charge in [0.15, 0.2) is 17.6 Å². The largest absolute Gasteiger partial charge is 0.493 e. The van der Waals surface area contributed by atoms with E-state index in [1.807, 2.05) is 26.0 Å². The third-order valence-electron chi connectivity index (χ3n) is 5.32. The molecule has 0 fully saturated rings. The van der Waals surface area contributed by atoms with Gasteiger partial charge >= 0.3 is 5.97 Å². The number of carbonyl (C=O) groups excluding carboxylic acids is 1. The molecule has 8 nitrogen and oxygen atoms in total. The number of nitrogens with zero attached hydrogens (tertiary/aromatic N) is 3. The van der Waals surface area contributed by atoms with Crippen molar-refractivity contribution in [2.75, 3.05) is 13.7 Å². The van der Waals surface area contributed by atoms with Crippen molar-refractivity contribution in [1.29, 1.82) is 0 Å². The van der Waals surface area contributed by atoms with Gasteiger partial charge in [-0.15, -0.1) is 0 Å². The Morgan fingerprint density at radius 1 is 1.18 bits per heavy atom. The third-order valence-corrected chi connectivity index (χ3v) is 5.81. The maximum absolute atomic E-state index is 13.3. The minimum absolute atomic E-state index is 0.0348. The first kappa shape index (κ1) is 25.4. The molecule has 9 heteroatoms. The van der Waals surface area contributed by atoms with Gasteiger partial charge in [-0.3, -0.25) is 4.79 Å². The van der Waals surface area contributed by atoms with Crippen LogP contribution in [0.25, 0.3) is 10.9 Å². The lowest BCUT2D eigenvalue weighted by Crippen LogP contribution is -2.26. The monoisotopic (exact) mass is 529 g/mol. The van der Waals surface area contributed by atoms with Gasteiger partial charge in [-0.2, -0.15) is 9.78 Å². The lowest BCUT2D eigenvalue weighted by Gasteiger charge is -2.16. The van der Waals surface area contributed by atoms with E-state index in [4.69, 9.17) is 19.2 Å². The summed E-state index contributed by atoms with van der Waals surface area (Å²) in [4.78, 5) is 29.9. The molecule has 3 rings (SSSR count). The predicted octanol–water partition coefficient (Wildman–Crippen LogP) is 4.89. The quantitative estimate of drug-likeness (QED) is 0.289. The number of ether oxygens (including phenoxy) is 3. The van der Waals surface area contributed by atoms with Crippen LogP contribution in [0.4, 0.5) is 0 Å². The molecule has 0 bridgehead atoms. The van der Waals surface area contributed by atoms with Crippen molar-refractivity contribution in [3.05, 3.63) is 62.6 Å². The van der Waals surface area contributed by atoms with E-state index in [0.29, 0.717) is 33.8 Å². The second kappa shape index (κ2) is 11.3. The average molecular weight is 530 g/mol. The Balaban J connectivity index is 1.98. The molecular formula is C25H28BrN3O5.